The van der Waals surface area contributed by atoms with E-state index >= 15 is 0 Å². The van der Waals surface area contributed by atoms with E-state index < -0.39 is 0 Å². The van der Waals surface area contributed by atoms with Gasteiger partial charge in [0.1, 0.15) is 0 Å². The van der Waals surface area contributed by atoms with Crippen LogP contribution in [-0.2, 0) is 0 Å². The summed E-state index contributed by atoms with van der Waals surface area (Å²) in [6.45, 7) is 0. The van der Waals surface area contributed by atoms with Gasteiger partial charge in [-0.1, -0.05) is 24.3 Å². The van der Waals surface area contributed by atoms with Crippen molar-refractivity contribution in [2.24, 2.45) is 9.98 Å². The average Bonchev–Trinajstić information content (AvgIpc) is 2.92. The molecule has 0 bridgehead atoms. The number of pyridine rings is 1. The van der Waals surface area contributed by atoms with Crippen LogP contribution in [-0.4, -0.2) is 16.6 Å². The molecule has 0 aliphatic rings. The highest BCUT2D eigenvalue weighted by atomic mass is 32.9. The van der Waals surface area contributed by atoms with Crippen LogP contribution >= 0.6 is 20.7 Å². The van der Waals surface area contributed by atoms with Crippen molar-refractivity contribution in [3.8, 4) is 5.69 Å². The standard InChI is InChI=1S/C14H12N4S2/c1-15-13-18(11-7-3-2-4-8-11)14(20-19-13)17-12-9-5-6-10-16-12/h2-10H,1H3/b15-13?,17-14-. The number of hydrogen-bond acceptors (Lipinski definition) is 5. The first-order valence-corrected chi connectivity index (χ1v) is 8.19. The van der Waals surface area contributed by atoms with Crippen molar-refractivity contribution in [1.82, 2.24) is 9.55 Å². The summed E-state index contributed by atoms with van der Waals surface area (Å²) in [7, 11) is 5.00. The molecular weight excluding hydrogens is 288 g/mol. The van der Waals surface area contributed by atoms with Crippen LogP contribution in [0.3, 0.4) is 0 Å². The van der Waals surface area contributed by atoms with Crippen molar-refractivity contribution in [2.45, 2.75) is 0 Å². The van der Waals surface area contributed by atoms with Crippen LogP contribution in [0, 0.1) is 0 Å². The van der Waals surface area contributed by atoms with Crippen LogP contribution in [0.15, 0.2) is 64.7 Å². The first kappa shape index (κ1) is 13.0. The molecule has 0 aliphatic heterocycles. The zero-order chi connectivity index (χ0) is 13.8. The molecule has 0 saturated heterocycles. The van der Waals surface area contributed by atoms with Crippen LogP contribution in [0.5, 0.6) is 0 Å². The van der Waals surface area contributed by atoms with Crippen molar-refractivity contribution in [1.29, 1.82) is 0 Å². The van der Waals surface area contributed by atoms with E-state index in [4.69, 9.17) is 0 Å². The third-order valence-electron chi connectivity index (χ3n) is 2.64. The van der Waals surface area contributed by atoms with Crippen molar-refractivity contribution < 1.29 is 0 Å². The number of rotatable bonds is 2. The van der Waals surface area contributed by atoms with E-state index in [1.54, 1.807) is 33.9 Å². The zero-order valence-corrected chi connectivity index (χ0v) is 12.4. The van der Waals surface area contributed by atoms with Crippen molar-refractivity contribution >= 4 is 26.5 Å². The van der Waals surface area contributed by atoms with Gasteiger partial charge >= 0.3 is 0 Å². The van der Waals surface area contributed by atoms with E-state index in [-0.39, 0.29) is 0 Å². The van der Waals surface area contributed by atoms with Crippen LogP contribution in [0.2, 0.25) is 0 Å². The molecular formula is C14H12N4S2. The van der Waals surface area contributed by atoms with Gasteiger partial charge in [-0.05, 0) is 44.9 Å². The minimum absolute atomic E-state index is 0.703. The third-order valence-corrected chi connectivity index (χ3v) is 4.80. The van der Waals surface area contributed by atoms with E-state index in [0.717, 1.165) is 15.3 Å². The van der Waals surface area contributed by atoms with E-state index in [0.29, 0.717) is 5.82 Å². The Bertz CT molecular complexity index is 813. The number of aromatic nitrogens is 2. The van der Waals surface area contributed by atoms with Crippen molar-refractivity contribution in [2.75, 3.05) is 7.05 Å². The summed E-state index contributed by atoms with van der Waals surface area (Å²) < 4.78 is 2.05. The lowest BCUT2D eigenvalue weighted by atomic mass is 10.3. The fourth-order valence-corrected chi connectivity index (χ4v) is 3.93. The molecule has 0 radical (unpaired) electrons. The zero-order valence-electron chi connectivity index (χ0n) is 10.8. The van der Waals surface area contributed by atoms with Gasteiger partial charge in [-0.2, -0.15) is 0 Å². The van der Waals surface area contributed by atoms with Gasteiger partial charge in [-0.25, -0.2) is 9.98 Å². The molecule has 20 heavy (non-hydrogen) atoms. The predicted octanol–water partition coefficient (Wildman–Crippen LogP) is 2.76. The van der Waals surface area contributed by atoms with E-state index in [1.165, 1.54) is 0 Å². The molecule has 0 aliphatic carbocycles. The molecule has 0 saturated carbocycles. The Balaban J connectivity index is 2.24. The van der Waals surface area contributed by atoms with Gasteiger partial charge in [0.25, 0.3) is 0 Å². The highest BCUT2D eigenvalue weighted by molar-refractivity contribution is 7.67. The molecule has 3 aromatic rings. The second kappa shape index (κ2) is 5.94. The van der Waals surface area contributed by atoms with Crippen LogP contribution in [0.4, 0.5) is 5.82 Å². The number of benzene rings is 1. The molecule has 1 aromatic carbocycles. The molecule has 0 spiro atoms. The van der Waals surface area contributed by atoms with E-state index in [2.05, 4.69) is 15.0 Å². The maximum atomic E-state index is 4.61. The Morgan fingerprint density at radius 3 is 2.40 bits per heavy atom. The lowest BCUT2D eigenvalue weighted by Crippen LogP contribution is -2.23. The van der Waals surface area contributed by atoms with Crippen LogP contribution in [0.25, 0.3) is 5.69 Å². The third kappa shape index (κ3) is 2.61. The van der Waals surface area contributed by atoms with Crippen molar-refractivity contribution in [3.63, 3.8) is 0 Å². The minimum atomic E-state index is 0.703. The number of para-hydroxylation sites is 1. The molecule has 2 heterocycles. The predicted molar refractivity (Wildman–Crippen MR) is 82.5 cm³/mol. The Morgan fingerprint density at radius 1 is 0.950 bits per heavy atom. The summed E-state index contributed by atoms with van der Waals surface area (Å²) in [4.78, 5) is 15.0. The van der Waals surface area contributed by atoms with Gasteiger partial charge < -0.3 is 0 Å². The summed E-state index contributed by atoms with van der Waals surface area (Å²) in [5.41, 5.74) is 1.06. The number of hydrogen-bond donors (Lipinski definition) is 0. The highest BCUT2D eigenvalue weighted by Crippen LogP contribution is 2.08. The summed E-state index contributed by atoms with van der Waals surface area (Å²) in [5.74, 6) is 0.703. The molecule has 0 unspecified atom stereocenters. The normalized spacial score (nSPS) is 12.8. The maximum absolute atomic E-state index is 4.61. The Kier molecular flexibility index (Phi) is 3.85. The molecule has 3 rings (SSSR count). The monoisotopic (exact) mass is 300 g/mol. The fourth-order valence-electron chi connectivity index (χ4n) is 1.75. The molecule has 0 N–H and O–H groups in total. The average molecular weight is 300 g/mol. The van der Waals surface area contributed by atoms with Crippen LogP contribution in [0.1, 0.15) is 0 Å². The summed E-state index contributed by atoms with van der Waals surface area (Å²) in [6.07, 6.45) is 1.74. The molecule has 100 valence electrons. The molecule has 0 fully saturated rings. The summed E-state index contributed by atoms with van der Waals surface area (Å²) in [5, 5.41) is 0. The Hall–Kier alpha value is -2.05. The van der Waals surface area contributed by atoms with Gasteiger partial charge in [0.05, 0.1) is 5.69 Å². The smallest absolute Gasteiger partial charge is 0.208 e. The fraction of sp³-hybridized carbons (Fsp3) is 0.0714. The van der Waals surface area contributed by atoms with Gasteiger partial charge in [0.2, 0.25) is 9.60 Å². The largest absolute Gasteiger partial charge is 0.261 e. The topological polar surface area (TPSA) is 42.5 Å². The molecule has 4 nitrogen and oxygen atoms in total. The van der Waals surface area contributed by atoms with E-state index in [9.17, 15) is 0 Å². The SMILES string of the molecule is CN=c1ss/c(=N\c2ccccn2)n1-c1ccccc1. The lowest BCUT2D eigenvalue weighted by Gasteiger charge is -2.01. The lowest BCUT2D eigenvalue weighted by molar-refractivity contribution is 0.934. The first-order valence-electron chi connectivity index (χ1n) is 6.04. The van der Waals surface area contributed by atoms with Crippen LogP contribution < -0.4 is 9.60 Å². The molecule has 0 amide bonds. The van der Waals surface area contributed by atoms with Gasteiger partial charge in [-0.3, -0.25) is 9.56 Å². The minimum Gasteiger partial charge on any atom is -0.261 e. The Labute approximate surface area is 123 Å². The maximum Gasteiger partial charge on any atom is 0.208 e. The van der Waals surface area contributed by atoms with Crippen molar-refractivity contribution in [3.05, 3.63) is 64.3 Å². The summed E-state index contributed by atoms with van der Waals surface area (Å²) >= 11 is 0. The Morgan fingerprint density at radius 2 is 1.70 bits per heavy atom. The van der Waals surface area contributed by atoms with E-state index in [1.807, 2.05) is 53.1 Å². The molecule has 6 heteroatoms. The highest BCUT2D eigenvalue weighted by Gasteiger charge is 2.03. The quantitative estimate of drug-likeness (QED) is 0.671. The van der Waals surface area contributed by atoms with Gasteiger partial charge in [-0.15, -0.1) is 0 Å². The van der Waals surface area contributed by atoms with Gasteiger partial charge in [0.15, 0.2) is 5.82 Å². The second-order valence-corrected chi connectivity index (χ2v) is 5.99. The number of nitrogens with zero attached hydrogens (tertiary/aromatic N) is 4. The summed E-state index contributed by atoms with van der Waals surface area (Å²) in [6, 6.07) is 15.8. The first-order chi connectivity index (χ1) is 9.88. The molecule has 2 aromatic heterocycles. The van der Waals surface area contributed by atoms with Gasteiger partial charge in [0, 0.05) is 13.2 Å². The molecule has 0 atom stereocenters. The second-order valence-electron chi connectivity index (χ2n) is 3.93.